The molecule has 0 bridgehead atoms. The van der Waals surface area contributed by atoms with Gasteiger partial charge in [0, 0.05) is 0 Å². The van der Waals surface area contributed by atoms with Crippen molar-refractivity contribution in [1.29, 1.82) is 0 Å². The number of carboxylic acid groups (broad SMARTS) is 1. The number of aliphatic carboxylic acids is 1. The Morgan fingerprint density at radius 2 is 1.86 bits per heavy atom. The van der Waals surface area contributed by atoms with Crippen LogP contribution >= 0.6 is 0 Å². The van der Waals surface area contributed by atoms with E-state index in [4.69, 9.17) is 14.9 Å². The second kappa shape index (κ2) is 8.54. The van der Waals surface area contributed by atoms with Gasteiger partial charge in [0.15, 0.2) is 0 Å². The molecule has 0 aromatic heterocycles. The number of aliphatic hydroxyl groups is 1. The van der Waals surface area contributed by atoms with Crippen LogP contribution in [-0.2, 0) is 20.9 Å². The van der Waals surface area contributed by atoms with Crippen LogP contribution in [0.15, 0.2) is 30.3 Å². The van der Waals surface area contributed by atoms with Crippen molar-refractivity contribution in [3.8, 4) is 0 Å². The Hall–Kier alpha value is -2.61. The molecular formula is C13H16N2O6. The number of hydrogen-bond donors (Lipinski definition) is 4. The predicted octanol–water partition coefficient (Wildman–Crippen LogP) is -0.525. The molecule has 1 atom stereocenters. The van der Waals surface area contributed by atoms with Crippen molar-refractivity contribution < 1.29 is 29.3 Å². The van der Waals surface area contributed by atoms with Crippen molar-refractivity contribution in [3.63, 3.8) is 0 Å². The van der Waals surface area contributed by atoms with Gasteiger partial charge < -0.3 is 25.6 Å². The Balaban J connectivity index is 2.40. The number of ether oxygens (including phenoxy) is 1. The zero-order valence-electron chi connectivity index (χ0n) is 11.1. The van der Waals surface area contributed by atoms with Crippen LogP contribution in [0.4, 0.5) is 4.79 Å². The fraction of sp³-hybridized carbons (Fsp3) is 0.308. The monoisotopic (exact) mass is 296 g/mol. The van der Waals surface area contributed by atoms with E-state index in [2.05, 4.69) is 5.32 Å². The van der Waals surface area contributed by atoms with Crippen LogP contribution in [-0.4, -0.2) is 47.4 Å². The fourth-order valence-corrected chi connectivity index (χ4v) is 1.39. The summed E-state index contributed by atoms with van der Waals surface area (Å²) in [5, 5.41) is 21.6. The minimum atomic E-state index is -1.27. The lowest BCUT2D eigenvalue weighted by atomic mass is 10.2. The minimum absolute atomic E-state index is 0.0154. The highest BCUT2D eigenvalue weighted by Crippen LogP contribution is 2.00. The number of carboxylic acids is 1. The number of carbonyl (C=O) groups is 3. The molecule has 4 N–H and O–H groups in total. The van der Waals surface area contributed by atoms with E-state index < -0.39 is 37.2 Å². The zero-order valence-corrected chi connectivity index (χ0v) is 11.1. The Bertz CT molecular complexity index is 491. The Morgan fingerprint density at radius 3 is 2.43 bits per heavy atom. The molecule has 1 aromatic rings. The first kappa shape index (κ1) is 16.4. The van der Waals surface area contributed by atoms with Crippen LogP contribution in [0.2, 0.25) is 0 Å². The summed E-state index contributed by atoms with van der Waals surface area (Å²) >= 11 is 0. The summed E-state index contributed by atoms with van der Waals surface area (Å²) in [6.45, 7) is -1.26. The first-order chi connectivity index (χ1) is 10.0. The summed E-state index contributed by atoms with van der Waals surface area (Å²) < 4.78 is 4.88. The van der Waals surface area contributed by atoms with Gasteiger partial charge >= 0.3 is 12.1 Å². The van der Waals surface area contributed by atoms with Crippen molar-refractivity contribution in [2.24, 2.45) is 0 Å². The summed E-state index contributed by atoms with van der Waals surface area (Å²) in [6.07, 6.45) is -0.886. The van der Waals surface area contributed by atoms with Crippen molar-refractivity contribution in [2.45, 2.75) is 12.6 Å². The molecular weight excluding hydrogens is 280 g/mol. The number of alkyl carbamates (subject to hydrolysis) is 1. The molecule has 21 heavy (non-hydrogen) atoms. The number of nitrogens with one attached hydrogen (secondary N) is 2. The smallest absolute Gasteiger partial charge is 0.408 e. The predicted molar refractivity (Wildman–Crippen MR) is 71.3 cm³/mol. The molecule has 1 rings (SSSR count). The van der Waals surface area contributed by atoms with Crippen molar-refractivity contribution in [3.05, 3.63) is 35.9 Å². The van der Waals surface area contributed by atoms with Crippen molar-refractivity contribution in [1.82, 2.24) is 10.6 Å². The van der Waals surface area contributed by atoms with Gasteiger partial charge in [-0.3, -0.25) is 9.59 Å². The molecule has 0 spiro atoms. The van der Waals surface area contributed by atoms with Gasteiger partial charge in [-0.2, -0.15) is 0 Å². The number of rotatable bonds is 7. The number of carbonyl (C=O) groups excluding carboxylic acids is 2. The molecule has 0 radical (unpaired) electrons. The normalized spacial score (nSPS) is 11.3. The second-order valence-electron chi connectivity index (χ2n) is 4.05. The van der Waals surface area contributed by atoms with E-state index in [-0.39, 0.29) is 6.61 Å². The lowest BCUT2D eigenvalue weighted by molar-refractivity contribution is -0.138. The molecule has 8 nitrogen and oxygen atoms in total. The third-order valence-corrected chi connectivity index (χ3v) is 2.42. The van der Waals surface area contributed by atoms with Gasteiger partial charge in [-0.25, -0.2) is 4.79 Å². The van der Waals surface area contributed by atoms with E-state index in [1.165, 1.54) is 0 Å². The van der Waals surface area contributed by atoms with Crippen LogP contribution in [0.1, 0.15) is 5.56 Å². The molecule has 0 saturated carbocycles. The third kappa shape index (κ3) is 6.39. The van der Waals surface area contributed by atoms with E-state index >= 15 is 0 Å². The number of benzene rings is 1. The Morgan fingerprint density at radius 1 is 1.19 bits per heavy atom. The highest BCUT2D eigenvalue weighted by molar-refractivity contribution is 5.88. The summed E-state index contributed by atoms with van der Waals surface area (Å²) in [4.78, 5) is 33.3. The average molecular weight is 296 g/mol. The molecule has 0 fully saturated rings. The molecule has 8 heteroatoms. The third-order valence-electron chi connectivity index (χ3n) is 2.42. The summed E-state index contributed by atoms with van der Waals surface area (Å²) in [5.74, 6) is -2.04. The maximum Gasteiger partial charge on any atom is 0.408 e. The number of hydrogen-bond acceptors (Lipinski definition) is 5. The summed E-state index contributed by atoms with van der Waals surface area (Å²) in [7, 11) is 0. The molecule has 114 valence electrons. The zero-order chi connectivity index (χ0) is 15.7. The maximum absolute atomic E-state index is 11.5. The van der Waals surface area contributed by atoms with Crippen LogP contribution in [0.25, 0.3) is 0 Å². The van der Waals surface area contributed by atoms with E-state index in [0.717, 1.165) is 5.56 Å². The first-order valence-corrected chi connectivity index (χ1v) is 6.10. The molecule has 1 aromatic carbocycles. The van der Waals surface area contributed by atoms with Crippen LogP contribution in [0.5, 0.6) is 0 Å². The minimum Gasteiger partial charge on any atom is -0.480 e. The van der Waals surface area contributed by atoms with Crippen LogP contribution in [0, 0.1) is 0 Å². The topological polar surface area (TPSA) is 125 Å². The summed E-state index contributed by atoms with van der Waals surface area (Å²) in [5.41, 5.74) is 0.767. The molecule has 2 amide bonds. The standard InChI is InChI=1S/C13H16N2O6/c16-7-10(12(19)14-6-11(17)18)15-13(20)21-8-9-4-2-1-3-5-9/h1-5,10,16H,6-8H2,(H,14,19)(H,15,20)(H,17,18)/t10-/m1/s1. The SMILES string of the molecule is O=C(O)CNC(=O)[C@@H](CO)NC(=O)OCc1ccccc1. The molecule has 0 heterocycles. The highest BCUT2D eigenvalue weighted by atomic mass is 16.5. The van der Waals surface area contributed by atoms with Gasteiger partial charge in [0.25, 0.3) is 0 Å². The van der Waals surface area contributed by atoms with Gasteiger partial charge in [-0.05, 0) is 5.56 Å². The molecule has 0 aliphatic rings. The van der Waals surface area contributed by atoms with Gasteiger partial charge in [-0.15, -0.1) is 0 Å². The highest BCUT2D eigenvalue weighted by Gasteiger charge is 2.20. The lowest BCUT2D eigenvalue weighted by Crippen LogP contribution is -2.49. The van der Waals surface area contributed by atoms with Crippen molar-refractivity contribution in [2.75, 3.05) is 13.2 Å². The quantitative estimate of drug-likeness (QED) is 0.536. The van der Waals surface area contributed by atoms with Crippen LogP contribution in [0.3, 0.4) is 0 Å². The number of amides is 2. The Kier molecular flexibility index (Phi) is 6.69. The maximum atomic E-state index is 11.5. The Labute approximate surface area is 120 Å². The molecule has 0 aliphatic heterocycles. The fourth-order valence-electron chi connectivity index (χ4n) is 1.39. The molecule has 0 unspecified atom stereocenters. The average Bonchev–Trinajstić information content (AvgIpc) is 2.49. The lowest BCUT2D eigenvalue weighted by Gasteiger charge is -2.15. The molecule has 0 saturated heterocycles. The van der Waals surface area contributed by atoms with E-state index in [0.29, 0.717) is 0 Å². The van der Waals surface area contributed by atoms with Gasteiger partial charge in [0.1, 0.15) is 19.2 Å². The van der Waals surface area contributed by atoms with Gasteiger partial charge in [-0.1, -0.05) is 30.3 Å². The number of aliphatic hydroxyl groups excluding tert-OH is 1. The second-order valence-corrected chi connectivity index (χ2v) is 4.05. The van der Waals surface area contributed by atoms with E-state index in [1.54, 1.807) is 24.3 Å². The van der Waals surface area contributed by atoms with E-state index in [9.17, 15) is 14.4 Å². The largest absolute Gasteiger partial charge is 0.480 e. The van der Waals surface area contributed by atoms with Gasteiger partial charge in [0.05, 0.1) is 6.61 Å². The van der Waals surface area contributed by atoms with E-state index in [1.807, 2.05) is 11.4 Å². The first-order valence-electron chi connectivity index (χ1n) is 6.10. The van der Waals surface area contributed by atoms with Crippen LogP contribution < -0.4 is 10.6 Å². The van der Waals surface area contributed by atoms with Crippen molar-refractivity contribution >= 4 is 18.0 Å². The summed E-state index contributed by atoms with van der Waals surface area (Å²) in [6, 6.07) is 7.64. The molecule has 0 aliphatic carbocycles. The van der Waals surface area contributed by atoms with Gasteiger partial charge in [0.2, 0.25) is 5.91 Å².